The Kier molecular flexibility index (Phi) is 3.44. The van der Waals surface area contributed by atoms with Gasteiger partial charge in [0.2, 0.25) is 0 Å². The lowest BCUT2D eigenvalue weighted by Crippen LogP contribution is -2.11. The SMILES string of the molecule is Nc1ccc(S(=O)CC2COc3ccccc32)cc1F. The Labute approximate surface area is 119 Å². The molecule has 2 aromatic rings. The van der Waals surface area contributed by atoms with Gasteiger partial charge in [-0.1, -0.05) is 18.2 Å². The van der Waals surface area contributed by atoms with Gasteiger partial charge in [0.15, 0.2) is 0 Å². The first-order chi connectivity index (χ1) is 9.65. The van der Waals surface area contributed by atoms with Crippen LogP contribution >= 0.6 is 0 Å². The number of nitrogens with two attached hydrogens (primary N) is 1. The Morgan fingerprint density at radius 3 is 2.90 bits per heavy atom. The van der Waals surface area contributed by atoms with Crippen molar-refractivity contribution in [3.05, 3.63) is 53.8 Å². The summed E-state index contributed by atoms with van der Waals surface area (Å²) >= 11 is 0. The molecule has 1 aliphatic rings. The number of hydrogen-bond donors (Lipinski definition) is 1. The molecule has 1 heterocycles. The van der Waals surface area contributed by atoms with Gasteiger partial charge in [0.05, 0.1) is 23.1 Å². The maximum atomic E-state index is 13.4. The van der Waals surface area contributed by atoms with Gasteiger partial charge in [-0.2, -0.15) is 0 Å². The van der Waals surface area contributed by atoms with Gasteiger partial charge in [-0.05, 0) is 24.3 Å². The first kappa shape index (κ1) is 13.1. The summed E-state index contributed by atoms with van der Waals surface area (Å²) < 4.78 is 31.3. The number of benzene rings is 2. The van der Waals surface area contributed by atoms with E-state index in [1.807, 2.05) is 24.3 Å². The molecule has 0 radical (unpaired) electrons. The molecule has 2 unspecified atom stereocenters. The molecule has 2 aromatic carbocycles. The van der Waals surface area contributed by atoms with Crippen LogP contribution in [0.15, 0.2) is 47.4 Å². The Balaban J connectivity index is 1.79. The van der Waals surface area contributed by atoms with Crippen molar-refractivity contribution >= 4 is 16.5 Å². The average molecular weight is 291 g/mol. The Bertz CT molecular complexity index is 675. The molecule has 2 atom stereocenters. The summed E-state index contributed by atoms with van der Waals surface area (Å²) in [6.45, 7) is 0.516. The van der Waals surface area contributed by atoms with Crippen molar-refractivity contribution in [2.45, 2.75) is 10.8 Å². The molecule has 3 nitrogen and oxygen atoms in total. The summed E-state index contributed by atoms with van der Waals surface area (Å²) in [5.74, 6) is 0.810. The van der Waals surface area contributed by atoms with Crippen LogP contribution in [0.1, 0.15) is 11.5 Å². The quantitative estimate of drug-likeness (QED) is 0.885. The van der Waals surface area contributed by atoms with Crippen LogP contribution < -0.4 is 10.5 Å². The van der Waals surface area contributed by atoms with Crippen LogP contribution in [0.3, 0.4) is 0 Å². The van der Waals surface area contributed by atoms with Crippen LogP contribution in [0.2, 0.25) is 0 Å². The third kappa shape index (κ3) is 2.41. The van der Waals surface area contributed by atoms with Gasteiger partial charge < -0.3 is 10.5 Å². The molecule has 3 rings (SSSR count). The summed E-state index contributed by atoms with van der Waals surface area (Å²) in [6, 6.07) is 12.0. The highest BCUT2D eigenvalue weighted by atomic mass is 32.2. The lowest BCUT2D eigenvalue weighted by Gasteiger charge is -2.09. The predicted molar refractivity (Wildman–Crippen MR) is 76.8 cm³/mol. The van der Waals surface area contributed by atoms with E-state index >= 15 is 0 Å². The Hall–Kier alpha value is -1.88. The van der Waals surface area contributed by atoms with Crippen molar-refractivity contribution in [2.24, 2.45) is 0 Å². The molecule has 0 bridgehead atoms. The number of ether oxygens (including phenoxy) is 1. The number of para-hydroxylation sites is 1. The normalized spacial score (nSPS) is 18.4. The highest BCUT2D eigenvalue weighted by Gasteiger charge is 2.26. The smallest absolute Gasteiger partial charge is 0.147 e. The zero-order chi connectivity index (χ0) is 14.1. The highest BCUT2D eigenvalue weighted by molar-refractivity contribution is 7.85. The second-order valence-electron chi connectivity index (χ2n) is 4.74. The number of rotatable bonds is 3. The van der Waals surface area contributed by atoms with E-state index in [-0.39, 0.29) is 11.6 Å². The van der Waals surface area contributed by atoms with Crippen LogP contribution in [0, 0.1) is 5.82 Å². The number of anilines is 1. The second-order valence-corrected chi connectivity index (χ2v) is 6.24. The summed E-state index contributed by atoms with van der Waals surface area (Å²) in [6.07, 6.45) is 0. The molecular formula is C15H14FNO2S. The van der Waals surface area contributed by atoms with Crippen molar-refractivity contribution < 1.29 is 13.3 Å². The number of hydrogen-bond acceptors (Lipinski definition) is 3. The second kappa shape index (κ2) is 5.25. The lowest BCUT2D eigenvalue weighted by atomic mass is 10.0. The third-order valence-corrected chi connectivity index (χ3v) is 4.87. The fourth-order valence-electron chi connectivity index (χ4n) is 2.30. The monoisotopic (exact) mass is 291 g/mol. The molecule has 0 fully saturated rings. The molecule has 104 valence electrons. The first-order valence-electron chi connectivity index (χ1n) is 6.30. The Morgan fingerprint density at radius 2 is 2.10 bits per heavy atom. The van der Waals surface area contributed by atoms with E-state index in [4.69, 9.17) is 10.5 Å². The van der Waals surface area contributed by atoms with Gasteiger partial charge >= 0.3 is 0 Å². The van der Waals surface area contributed by atoms with Crippen LogP contribution in [-0.4, -0.2) is 16.6 Å². The van der Waals surface area contributed by atoms with Gasteiger partial charge in [0.25, 0.3) is 0 Å². The van der Waals surface area contributed by atoms with E-state index in [0.29, 0.717) is 17.3 Å². The summed E-state index contributed by atoms with van der Waals surface area (Å²) in [5, 5.41) is 0. The molecule has 20 heavy (non-hydrogen) atoms. The van der Waals surface area contributed by atoms with Crippen LogP contribution in [-0.2, 0) is 10.8 Å². The van der Waals surface area contributed by atoms with E-state index in [2.05, 4.69) is 0 Å². The fourth-order valence-corrected chi connectivity index (χ4v) is 3.58. The fraction of sp³-hybridized carbons (Fsp3) is 0.200. The minimum atomic E-state index is -1.27. The minimum absolute atomic E-state index is 0.0697. The molecule has 2 N–H and O–H groups in total. The molecular weight excluding hydrogens is 277 g/mol. The molecule has 0 spiro atoms. The topological polar surface area (TPSA) is 52.3 Å². The average Bonchev–Trinajstić information content (AvgIpc) is 2.85. The molecule has 0 amide bonds. The standard InChI is InChI=1S/C15H14FNO2S/c16-13-7-11(5-6-14(13)17)20(18)9-10-8-19-15-4-2-1-3-12(10)15/h1-7,10H,8-9,17H2. The number of nitrogen functional groups attached to an aromatic ring is 1. The maximum Gasteiger partial charge on any atom is 0.147 e. The summed E-state index contributed by atoms with van der Waals surface area (Å²) in [5.41, 5.74) is 6.56. The Morgan fingerprint density at radius 1 is 1.30 bits per heavy atom. The molecule has 0 aliphatic carbocycles. The van der Waals surface area contributed by atoms with Crippen molar-refractivity contribution in [3.63, 3.8) is 0 Å². The van der Waals surface area contributed by atoms with Crippen LogP contribution in [0.5, 0.6) is 5.75 Å². The molecule has 1 aliphatic heterocycles. The minimum Gasteiger partial charge on any atom is -0.493 e. The zero-order valence-electron chi connectivity index (χ0n) is 10.7. The zero-order valence-corrected chi connectivity index (χ0v) is 11.5. The van der Waals surface area contributed by atoms with Gasteiger partial charge in [0.1, 0.15) is 11.6 Å². The van der Waals surface area contributed by atoms with E-state index in [1.165, 1.54) is 12.1 Å². The van der Waals surface area contributed by atoms with E-state index in [0.717, 1.165) is 11.3 Å². The van der Waals surface area contributed by atoms with Crippen molar-refractivity contribution in [3.8, 4) is 5.75 Å². The van der Waals surface area contributed by atoms with Crippen molar-refractivity contribution in [1.82, 2.24) is 0 Å². The van der Waals surface area contributed by atoms with Crippen molar-refractivity contribution in [1.29, 1.82) is 0 Å². The molecule has 0 aromatic heterocycles. The van der Waals surface area contributed by atoms with Gasteiger partial charge in [0, 0.05) is 22.1 Å². The predicted octanol–water partition coefficient (Wildman–Crippen LogP) is 2.69. The van der Waals surface area contributed by atoms with E-state index < -0.39 is 16.6 Å². The summed E-state index contributed by atoms with van der Waals surface area (Å²) in [4.78, 5) is 0.459. The number of halogens is 1. The highest BCUT2D eigenvalue weighted by Crippen LogP contribution is 2.34. The van der Waals surface area contributed by atoms with Crippen molar-refractivity contribution in [2.75, 3.05) is 18.1 Å². The maximum absolute atomic E-state index is 13.4. The third-order valence-electron chi connectivity index (χ3n) is 3.39. The number of fused-ring (bicyclic) bond motifs is 1. The summed E-state index contributed by atoms with van der Waals surface area (Å²) in [7, 11) is -1.27. The van der Waals surface area contributed by atoms with E-state index in [9.17, 15) is 8.60 Å². The molecule has 0 saturated heterocycles. The van der Waals surface area contributed by atoms with Gasteiger partial charge in [-0.25, -0.2) is 4.39 Å². The van der Waals surface area contributed by atoms with Crippen LogP contribution in [0.4, 0.5) is 10.1 Å². The van der Waals surface area contributed by atoms with Gasteiger partial charge in [-0.3, -0.25) is 4.21 Å². The molecule has 5 heteroatoms. The van der Waals surface area contributed by atoms with E-state index in [1.54, 1.807) is 6.07 Å². The molecule has 0 saturated carbocycles. The first-order valence-corrected chi connectivity index (χ1v) is 7.62. The largest absolute Gasteiger partial charge is 0.493 e. The van der Waals surface area contributed by atoms with Crippen LogP contribution in [0.25, 0.3) is 0 Å². The van der Waals surface area contributed by atoms with Gasteiger partial charge in [-0.15, -0.1) is 0 Å². The lowest BCUT2D eigenvalue weighted by molar-refractivity contribution is 0.338.